The van der Waals surface area contributed by atoms with Crippen LogP contribution in [-0.2, 0) is 17.8 Å². The molecule has 1 amide bonds. The summed E-state index contributed by atoms with van der Waals surface area (Å²) in [6, 6.07) is 0. The largest absolute Gasteiger partial charge is 0.355 e. The van der Waals surface area contributed by atoms with Crippen molar-refractivity contribution in [3.8, 4) is 0 Å². The number of H-pyrrole nitrogens is 1. The number of nitrogens with one attached hydrogen (secondary N) is 2. The summed E-state index contributed by atoms with van der Waals surface area (Å²) in [4.78, 5) is 11.8. The zero-order chi connectivity index (χ0) is 13.0. The summed E-state index contributed by atoms with van der Waals surface area (Å²) in [6.07, 6.45) is 2.87. The van der Waals surface area contributed by atoms with Crippen molar-refractivity contribution in [1.29, 1.82) is 0 Å². The van der Waals surface area contributed by atoms with Gasteiger partial charge in [-0.05, 0) is 37.7 Å². The summed E-state index contributed by atoms with van der Waals surface area (Å²) in [5.41, 5.74) is 0. The Morgan fingerprint density at radius 1 is 1.72 bits per heavy atom. The number of hydrogen-bond donors (Lipinski definition) is 2. The molecule has 0 unspecified atom stereocenters. The number of aromatic nitrogens is 3. The van der Waals surface area contributed by atoms with Gasteiger partial charge in [0.2, 0.25) is 5.91 Å². The summed E-state index contributed by atoms with van der Waals surface area (Å²) >= 11 is 6.87. The lowest BCUT2D eigenvalue weighted by Gasteiger charge is -2.09. The summed E-state index contributed by atoms with van der Waals surface area (Å²) in [6.45, 7) is 3.45. The van der Waals surface area contributed by atoms with E-state index in [9.17, 15) is 4.79 Å². The van der Waals surface area contributed by atoms with Gasteiger partial charge in [0.25, 0.3) is 0 Å². The van der Waals surface area contributed by atoms with Crippen molar-refractivity contribution in [3.63, 3.8) is 0 Å². The van der Waals surface area contributed by atoms with Crippen LogP contribution in [0.4, 0.5) is 0 Å². The average molecular weight is 286 g/mol. The van der Waals surface area contributed by atoms with Crippen LogP contribution in [-0.4, -0.2) is 38.2 Å². The van der Waals surface area contributed by atoms with Crippen molar-refractivity contribution >= 4 is 29.9 Å². The Kier molecular flexibility index (Phi) is 4.82. The van der Waals surface area contributed by atoms with Gasteiger partial charge in [-0.1, -0.05) is 0 Å². The Labute approximate surface area is 116 Å². The van der Waals surface area contributed by atoms with E-state index in [2.05, 4.69) is 15.5 Å². The fraction of sp³-hybridized carbons (Fsp3) is 0.727. The minimum absolute atomic E-state index is 0.150. The molecule has 1 atom stereocenters. The van der Waals surface area contributed by atoms with E-state index in [1.165, 1.54) is 0 Å². The molecule has 0 aliphatic carbocycles. The smallest absolute Gasteiger partial charge is 0.233 e. The number of rotatable bonds is 5. The number of carbonyl (C=O) groups excluding carboxylic acids is 1. The molecule has 0 spiro atoms. The monoisotopic (exact) mass is 286 g/mol. The zero-order valence-electron chi connectivity index (χ0n) is 10.4. The Morgan fingerprint density at radius 3 is 3.22 bits per heavy atom. The molecule has 2 rings (SSSR count). The molecule has 100 valence electrons. The van der Waals surface area contributed by atoms with E-state index in [-0.39, 0.29) is 11.2 Å². The van der Waals surface area contributed by atoms with Crippen LogP contribution in [0.2, 0.25) is 0 Å². The molecule has 1 aliphatic rings. The first-order valence-corrected chi connectivity index (χ1v) is 7.71. The molecule has 1 aromatic rings. The Hall–Kier alpha value is -0.820. The van der Waals surface area contributed by atoms with Crippen LogP contribution in [0.1, 0.15) is 25.6 Å². The highest BCUT2D eigenvalue weighted by Crippen LogP contribution is 2.25. The van der Waals surface area contributed by atoms with E-state index >= 15 is 0 Å². The SMILES string of the molecule is CCn1c(CCNC(=O)[C@H]2CCCS2)n[nH]c1=S. The third kappa shape index (κ3) is 3.14. The van der Waals surface area contributed by atoms with Crippen molar-refractivity contribution in [2.24, 2.45) is 0 Å². The molecule has 1 saturated heterocycles. The maximum atomic E-state index is 11.8. The van der Waals surface area contributed by atoms with E-state index in [0.717, 1.165) is 31.0 Å². The maximum Gasteiger partial charge on any atom is 0.233 e. The molecular weight excluding hydrogens is 268 g/mol. The molecule has 0 radical (unpaired) electrons. The van der Waals surface area contributed by atoms with Crippen molar-refractivity contribution < 1.29 is 4.79 Å². The van der Waals surface area contributed by atoms with Gasteiger partial charge in [-0.2, -0.15) is 5.10 Å². The standard InChI is InChI=1S/C11H18N4OS2/c1-2-15-9(13-14-11(15)17)5-6-12-10(16)8-4-3-7-18-8/h8H,2-7H2,1H3,(H,12,16)(H,14,17)/t8-/m1/s1. The highest BCUT2D eigenvalue weighted by Gasteiger charge is 2.22. The second-order valence-corrected chi connectivity index (χ2v) is 5.93. The van der Waals surface area contributed by atoms with E-state index < -0.39 is 0 Å². The molecular formula is C11H18N4OS2. The highest BCUT2D eigenvalue weighted by molar-refractivity contribution is 8.00. The molecule has 1 aromatic heterocycles. The fourth-order valence-electron chi connectivity index (χ4n) is 2.06. The van der Waals surface area contributed by atoms with Gasteiger partial charge in [0.15, 0.2) is 4.77 Å². The van der Waals surface area contributed by atoms with Crippen LogP contribution in [0.5, 0.6) is 0 Å². The Morgan fingerprint density at radius 2 is 2.56 bits per heavy atom. The van der Waals surface area contributed by atoms with Gasteiger partial charge in [0, 0.05) is 19.5 Å². The van der Waals surface area contributed by atoms with Crippen LogP contribution in [0.3, 0.4) is 0 Å². The number of carbonyl (C=O) groups is 1. The normalized spacial score (nSPS) is 19.1. The Bertz CT molecular complexity index is 462. The molecule has 2 N–H and O–H groups in total. The van der Waals surface area contributed by atoms with E-state index in [1.54, 1.807) is 11.8 Å². The molecule has 18 heavy (non-hydrogen) atoms. The van der Waals surface area contributed by atoms with E-state index in [4.69, 9.17) is 12.2 Å². The average Bonchev–Trinajstić information content (AvgIpc) is 2.99. The minimum atomic E-state index is 0.150. The molecule has 1 aliphatic heterocycles. The zero-order valence-corrected chi connectivity index (χ0v) is 12.1. The Balaban J connectivity index is 1.81. The third-order valence-corrected chi connectivity index (χ3v) is 4.71. The van der Waals surface area contributed by atoms with Crippen LogP contribution < -0.4 is 5.32 Å². The summed E-state index contributed by atoms with van der Waals surface area (Å²) in [7, 11) is 0. The van der Waals surface area contributed by atoms with Crippen molar-refractivity contribution in [1.82, 2.24) is 20.1 Å². The van der Waals surface area contributed by atoms with Gasteiger partial charge in [-0.15, -0.1) is 11.8 Å². The number of hydrogen-bond acceptors (Lipinski definition) is 4. The number of amides is 1. The predicted octanol–water partition coefficient (Wildman–Crippen LogP) is 1.51. The van der Waals surface area contributed by atoms with Crippen molar-refractivity contribution in [2.75, 3.05) is 12.3 Å². The topological polar surface area (TPSA) is 62.7 Å². The van der Waals surface area contributed by atoms with Gasteiger partial charge in [0.1, 0.15) is 5.82 Å². The second kappa shape index (κ2) is 6.38. The van der Waals surface area contributed by atoms with Gasteiger partial charge < -0.3 is 9.88 Å². The molecule has 2 heterocycles. The molecule has 0 aromatic carbocycles. The first kappa shape index (κ1) is 13.6. The van der Waals surface area contributed by atoms with Crippen LogP contribution in [0.15, 0.2) is 0 Å². The van der Waals surface area contributed by atoms with E-state index in [0.29, 0.717) is 17.7 Å². The lowest BCUT2D eigenvalue weighted by molar-refractivity contribution is -0.120. The van der Waals surface area contributed by atoms with E-state index in [1.807, 2.05) is 11.5 Å². The number of nitrogens with zero attached hydrogens (tertiary/aromatic N) is 2. The third-order valence-electron chi connectivity index (χ3n) is 3.02. The van der Waals surface area contributed by atoms with Gasteiger partial charge in [0.05, 0.1) is 5.25 Å². The van der Waals surface area contributed by atoms with Gasteiger partial charge >= 0.3 is 0 Å². The van der Waals surface area contributed by atoms with Gasteiger partial charge in [-0.25, -0.2) is 0 Å². The predicted molar refractivity (Wildman–Crippen MR) is 75.3 cm³/mol. The van der Waals surface area contributed by atoms with Crippen LogP contribution in [0, 0.1) is 4.77 Å². The quantitative estimate of drug-likeness (QED) is 0.806. The lowest BCUT2D eigenvalue weighted by Crippen LogP contribution is -2.33. The molecule has 7 heteroatoms. The number of aromatic amines is 1. The second-order valence-electron chi connectivity index (χ2n) is 4.23. The summed E-state index contributed by atoms with van der Waals surface area (Å²) in [5.74, 6) is 2.17. The summed E-state index contributed by atoms with van der Waals surface area (Å²) < 4.78 is 2.59. The lowest BCUT2D eigenvalue weighted by atomic mass is 10.2. The van der Waals surface area contributed by atoms with Crippen LogP contribution >= 0.6 is 24.0 Å². The first-order chi connectivity index (χ1) is 8.72. The molecule has 5 nitrogen and oxygen atoms in total. The van der Waals surface area contributed by atoms with Crippen molar-refractivity contribution in [2.45, 2.75) is 38.0 Å². The minimum Gasteiger partial charge on any atom is -0.355 e. The molecule has 0 bridgehead atoms. The maximum absolute atomic E-state index is 11.8. The molecule has 0 saturated carbocycles. The number of thioether (sulfide) groups is 1. The fourth-order valence-corrected chi connectivity index (χ4v) is 3.53. The van der Waals surface area contributed by atoms with Crippen LogP contribution in [0.25, 0.3) is 0 Å². The molecule has 1 fully saturated rings. The van der Waals surface area contributed by atoms with Crippen molar-refractivity contribution in [3.05, 3.63) is 10.6 Å². The summed E-state index contributed by atoms with van der Waals surface area (Å²) in [5, 5.41) is 10.1. The highest BCUT2D eigenvalue weighted by atomic mass is 32.2. The van der Waals surface area contributed by atoms with Gasteiger partial charge in [-0.3, -0.25) is 9.89 Å². The first-order valence-electron chi connectivity index (χ1n) is 6.25.